The van der Waals surface area contributed by atoms with Gasteiger partial charge in [0.15, 0.2) is 0 Å². The Morgan fingerprint density at radius 2 is 0.952 bits per heavy atom. The molecule has 0 nitrogen and oxygen atoms in total. The zero-order valence-electron chi connectivity index (χ0n) is 12.2. The predicted molar refractivity (Wildman–Crippen MR) is 92.2 cm³/mol. The van der Waals surface area contributed by atoms with Gasteiger partial charge in [0.05, 0.1) is 0 Å². The average Bonchev–Trinajstić information content (AvgIpc) is 2.58. The molecule has 0 saturated carbocycles. The van der Waals surface area contributed by atoms with Gasteiger partial charge in [0.2, 0.25) is 0 Å². The summed E-state index contributed by atoms with van der Waals surface area (Å²) in [6.07, 6.45) is 2.86. The number of benzene rings is 3. The zero-order chi connectivity index (χ0) is 14.8. The Bertz CT molecular complexity index is 587. The Labute approximate surface area is 127 Å². The minimum absolute atomic E-state index is 1.03. The maximum Gasteiger partial charge on any atom is -0.00258 e. The Morgan fingerprint density at radius 1 is 0.571 bits per heavy atom. The van der Waals surface area contributed by atoms with E-state index in [-0.39, 0.29) is 0 Å². The Hall–Kier alpha value is -2.60. The lowest BCUT2D eigenvalue weighted by atomic mass is 10.1. The first kappa shape index (κ1) is 14.8. The summed E-state index contributed by atoms with van der Waals surface area (Å²) >= 11 is 0. The molecular formula is C21H20. The number of rotatable bonds is 3. The van der Waals surface area contributed by atoms with Gasteiger partial charge in [-0.05, 0) is 23.1 Å². The van der Waals surface area contributed by atoms with Gasteiger partial charge in [0.1, 0.15) is 0 Å². The molecule has 104 valence electrons. The summed E-state index contributed by atoms with van der Waals surface area (Å²) in [7, 11) is 0. The maximum absolute atomic E-state index is 3.63. The summed E-state index contributed by atoms with van der Waals surface area (Å²) in [6, 6.07) is 31.1. The van der Waals surface area contributed by atoms with E-state index < -0.39 is 0 Å². The second-order valence-electron chi connectivity index (χ2n) is 4.76. The molecule has 3 rings (SSSR count). The first-order valence-corrected chi connectivity index (χ1v) is 7.14. The van der Waals surface area contributed by atoms with Crippen molar-refractivity contribution in [3.8, 4) is 0 Å². The summed E-state index contributed by atoms with van der Waals surface area (Å²) in [5.74, 6) is 0. The van der Waals surface area contributed by atoms with E-state index in [2.05, 4.69) is 67.2 Å². The SMILES string of the molecule is C=Cc1ccccc1.c1ccc(Cc2ccccc2)cc1. The summed E-state index contributed by atoms with van der Waals surface area (Å²) in [6.45, 7) is 3.63. The smallest absolute Gasteiger partial charge is 0.00258 e. The molecule has 0 amide bonds. The molecule has 3 aromatic rings. The van der Waals surface area contributed by atoms with Crippen LogP contribution in [0.15, 0.2) is 97.6 Å². The van der Waals surface area contributed by atoms with Gasteiger partial charge in [0, 0.05) is 0 Å². The van der Waals surface area contributed by atoms with Crippen molar-refractivity contribution < 1.29 is 0 Å². The molecule has 0 heteroatoms. The van der Waals surface area contributed by atoms with Gasteiger partial charge in [-0.25, -0.2) is 0 Å². The summed E-state index contributed by atoms with van der Waals surface area (Å²) < 4.78 is 0. The Morgan fingerprint density at radius 3 is 1.29 bits per heavy atom. The van der Waals surface area contributed by atoms with Crippen molar-refractivity contribution in [2.45, 2.75) is 6.42 Å². The lowest BCUT2D eigenvalue weighted by Gasteiger charge is -2.00. The minimum Gasteiger partial charge on any atom is -0.0985 e. The highest BCUT2D eigenvalue weighted by Gasteiger charge is 1.92. The molecule has 0 radical (unpaired) electrons. The van der Waals surface area contributed by atoms with Crippen molar-refractivity contribution in [3.63, 3.8) is 0 Å². The third-order valence-corrected chi connectivity index (χ3v) is 3.13. The van der Waals surface area contributed by atoms with E-state index in [1.807, 2.05) is 36.4 Å². The summed E-state index contributed by atoms with van der Waals surface area (Å²) in [4.78, 5) is 0. The Balaban J connectivity index is 0.000000173. The molecule has 0 fully saturated rings. The monoisotopic (exact) mass is 272 g/mol. The largest absolute Gasteiger partial charge is 0.0985 e. The fourth-order valence-corrected chi connectivity index (χ4v) is 2.02. The standard InChI is InChI=1S/C13H12.C8H8/c1-3-7-12(8-4-1)11-13-9-5-2-6-10-13;1-2-8-6-4-3-5-7-8/h1-10H,11H2;2-7H,1H2. The van der Waals surface area contributed by atoms with Gasteiger partial charge in [-0.3, -0.25) is 0 Å². The first-order valence-electron chi connectivity index (χ1n) is 7.14. The molecule has 3 aromatic carbocycles. The third-order valence-electron chi connectivity index (χ3n) is 3.13. The first-order chi connectivity index (χ1) is 10.4. The minimum atomic E-state index is 1.03. The van der Waals surface area contributed by atoms with E-state index in [0.717, 1.165) is 6.42 Å². The second-order valence-corrected chi connectivity index (χ2v) is 4.76. The van der Waals surface area contributed by atoms with Crippen LogP contribution in [0.3, 0.4) is 0 Å². The van der Waals surface area contributed by atoms with Crippen molar-refractivity contribution in [3.05, 3.63) is 114 Å². The normalized spacial score (nSPS) is 9.33. The number of hydrogen-bond donors (Lipinski definition) is 0. The quantitative estimate of drug-likeness (QED) is 0.581. The molecule has 0 aromatic heterocycles. The molecule has 21 heavy (non-hydrogen) atoms. The van der Waals surface area contributed by atoms with Crippen LogP contribution in [0.4, 0.5) is 0 Å². The highest BCUT2D eigenvalue weighted by molar-refractivity contribution is 5.45. The van der Waals surface area contributed by atoms with Crippen molar-refractivity contribution >= 4 is 6.08 Å². The average molecular weight is 272 g/mol. The van der Waals surface area contributed by atoms with Crippen molar-refractivity contribution in [2.24, 2.45) is 0 Å². The highest BCUT2D eigenvalue weighted by Crippen LogP contribution is 2.07. The van der Waals surface area contributed by atoms with Crippen molar-refractivity contribution in [1.82, 2.24) is 0 Å². The van der Waals surface area contributed by atoms with Crippen LogP contribution in [0.2, 0.25) is 0 Å². The van der Waals surface area contributed by atoms with Gasteiger partial charge >= 0.3 is 0 Å². The van der Waals surface area contributed by atoms with E-state index in [4.69, 9.17) is 0 Å². The molecule has 0 bridgehead atoms. The molecule has 0 N–H and O–H groups in total. The highest BCUT2D eigenvalue weighted by atomic mass is 14.0. The van der Waals surface area contributed by atoms with E-state index >= 15 is 0 Å². The molecular weight excluding hydrogens is 252 g/mol. The van der Waals surface area contributed by atoms with Crippen LogP contribution in [0.25, 0.3) is 6.08 Å². The molecule has 0 aliphatic carbocycles. The van der Waals surface area contributed by atoms with Crippen LogP contribution in [0, 0.1) is 0 Å². The molecule has 0 aliphatic rings. The van der Waals surface area contributed by atoms with E-state index in [1.165, 1.54) is 16.7 Å². The molecule has 0 saturated heterocycles. The predicted octanol–water partition coefficient (Wildman–Crippen LogP) is 5.61. The summed E-state index contributed by atoms with van der Waals surface area (Å²) in [5.41, 5.74) is 3.91. The fourth-order valence-electron chi connectivity index (χ4n) is 2.02. The molecule has 0 heterocycles. The lowest BCUT2D eigenvalue weighted by molar-refractivity contribution is 1.19. The van der Waals surface area contributed by atoms with Gasteiger partial charge in [-0.2, -0.15) is 0 Å². The van der Waals surface area contributed by atoms with E-state index in [0.29, 0.717) is 0 Å². The maximum atomic E-state index is 3.63. The summed E-state index contributed by atoms with van der Waals surface area (Å²) in [5, 5.41) is 0. The molecule has 0 aliphatic heterocycles. The molecule has 0 unspecified atom stereocenters. The van der Waals surface area contributed by atoms with Crippen molar-refractivity contribution in [2.75, 3.05) is 0 Å². The third kappa shape index (κ3) is 5.50. The van der Waals surface area contributed by atoms with Crippen LogP contribution >= 0.6 is 0 Å². The van der Waals surface area contributed by atoms with Crippen LogP contribution in [0.1, 0.15) is 16.7 Å². The second kappa shape index (κ2) is 8.55. The van der Waals surface area contributed by atoms with Crippen LogP contribution < -0.4 is 0 Å². The Kier molecular flexibility index (Phi) is 6.02. The molecule has 0 atom stereocenters. The lowest BCUT2D eigenvalue weighted by Crippen LogP contribution is -1.85. The topological polar surface area (TPSA) is 0 Å². The van der Waals surface area contributed by atoms with Crippen LogP contribution in [0.5, 0.6) is 0 Å². The van der Waals surface area contributed by atoms with Gasteiger partial charge in [-0.15, -0.1) is 0 Å². The fraction of sp³-hybridized carbons (Fsp3) is 0.0476. The van der Waals surface area contributed by atoms with E-state index in [9.17, 15) is 0 Å². The molecule has 0 spiro atoms. The van der Waals surface area contributed by atoms with E-state index in [1.54, 1.807) is 0 Å². The number of hydrogen-bond acceptors (Lipinski definition) is 0. The van der Waals surface area contributed by atoms with Crippen molar-refractivity contribution in [1.29, 1.82) is 0 Å². The zero-order valence-corrected chi connectivity index (χ0v) is 12.2. The van der Waals surface area contributed by atoms with Gasteiger partial charge in [-0.1, -0.05) is 104 Å². The van der Waals surface area contributed by atoms with Crippen LogP contribution in [-0.2, 0) is 6.42 Å². The van der Waals surface area contributed by atoms with Gasteiger partial charge in [0.25, 0.3) is 0 Å². The van der Waals surface area contributed by atoms with Crippen LogP contribution in [-0.4, -0.2) is 0 Å². The van der Waals surface area contributed by atoms with Gasteiger partial charge < -0.3 is 0 Å².